The number of amides is 2. The lowest BCUT2D eigenvalue weighted by atomic mass is 10.1. The quantitative estimate of drug-likeness (QED) is 0.657. The van der Waals surface area contributed by atoms with Crippen LogP contribution in [0.3, 0.4) is 0 Å². The van der Waals surface area contributed by atoms with Gasteiger partial charge in [0.1, 0.15) is 5.82 Å². The topological polar surface area (TPSA) is 83.4 Å². The first-order chi connectivity index (χ1) is 11.0. The molecule has 2 amide bonds. The number of anilines is 1. The molecule has 0 radical (unpaired) electrons. The summed E-state index contributed by atoms with van der Waals surface area (Å²) in [4.78, 5) is 27.7. The first-order valence-electron chi connectivity index (χ1n) is 7.15. The molecule has 0 aliphatic carbocycles. The lowest BCUT2D eigenvalue weighted by Gasteiger charge is -2.05. The molecule has 1 aromatic heterocycles. The second kappa shape index (κ2) is 7.84. The molecule has 2 aromatic rings. The number of aryl methyl sites for hydroxylation is 1. The van der Waals surface area contributed by atoms with Crippen LogP contribution in [0, 0.1) is 6.92 Å². The van der Waals surface area contributed by atoms with E-state index in [2.05, 4.69) is 20.8 Å². The second-order valence-electron chi connectivity index (χ2n) is 5.09. The summed E-state index contributed by atoms with van der Waals surface area (Å²) in [5.41, 5.74) is 4.53. The van der Waals surface area contributed by atoms with Gasteiger partial charge in [0, 0.05) is 17.5 Å². The van der Waals surface area contributed by atoms with E-state index in [0.29, 0.717) is 17.1 Å². The highest BCUT2D eigenvalue weighted by Crippen LogP contribution is 2.03. The Hall–Kier alpha value is -3.02. The number of hydrazone groups is 1. The number of pyridine rings is 1. The van der Waals surface area contributed by atoms with Gasteiger partial charge in [-0.25, -0.2) is 10.4 Å². The van der Waals surface area contributed by atoms with E-state index in [1.807, 2.05) is 19.1 Å². The maximum absolute atomic E-state index is 11.9. The number of nitrogens with zero attached hydrogens (tertiary/aromatic N) is 2. The van der Waals surface area contributed by atoms with Crippen molar-refractivity contribution in [1.82, 2.24) is 10.4 Å². The number of benzene rings is 1. The van der Waals surface area contributed by atoms with Gasteiger partial charge in [-0.05, 0) is 38.1 Å². The molecule has 0 fully saturated rings. The van der Waals surface area contributed by atoms with Gasteiger partial charge in [0.15, 0.2) is 0 Å². The zero-order chi connectivity index (χ0) is 16.7. The third-order valence-electron chi connectivity index (χ3n) is 3.01. The van der Waals surface area contributed by atoms with Crippen LogP contribution in [-0.2, 0) is 4.79 Å². The summed E-state index contributed by atoms with van der Waals surface area (Å²) >= 11 is 0. The zero-order valence-electron chi connectivity index (χ0n) is 13.0. The molecule has 6 nitrogen and oxygen atoms in total. The van der Waals surface area contributed by atoms with Gasteiger partial charge in [-0.1, -0.05) is 23.8 Å². The van der Waals surface area contributed by atoms with Crippen LogP contribution in [0.15, 0.2) is 53.8 Å². The Morgan fingerprint density at radius 1 is 1.13 bits per heavy atom. The minimum atomic E-state index is -0.311. The lowest BCUT2D eigenvalue weighted by Crippen LogP contribution is -2.21. The van der Waals surface area contributed by atoms with Gasteiger partial charge in [-0.15, -0.1) is 0 Å². The van der Waals surface area contributed by atoms with Crippen molar-refractivity contribution in [3.05, 3.63) is 59.8 Å². The highest BCUT2D eigenvalue weighted by Gasteiger charge is 2.07. The standard InChI is InChI=1S/C17H18N4O2/c1-12-6-8-14(9-7-12)17(23)21-20-13(2)11-16(22)19-15-5-3-4-10-18-15/h3-10H,11H2,1-2H3,(H,21,23)(H,18,19,22). The van der Waals surface area contributed by atoms with Crippen molar-refractivity contribution in [2.75, 3.05) is 5.32 Å². The van der Waals surface area contributed by atoms with E-state index in [1.165, 1.54) is 0 Å². The number of rotatable bonds is 5. The van der Waals surface area contributed by atoms with Crippen molar-refractivity contribution < 1.29 is 9.59 Å². The minimum absolute atomic E-state index is 0.0742. The molecule has 2 N–H and O–H groups in total. The number of hydrogen-bond acceptors (Lipinski definition) is 4. The van der Waals surface area contributed by atoms with Crippen molar-refractivity contribution in [3.8, 4) is 0 Å². The second-order valence-corrected chi connectivity index (χ2v) is 5.09. The van der Waals surface area contributed by atoms with Crippen LogP contribution in [0.25, 0.3) is 0 Å². The van der Waals surface area contributed by atoms with Crippen LogP contribution >= 0.6 is 0 Å². The molecule has 6 heteroatoms. The van der Waals surface area contributed by atoms with Gasteiger partial charge in [0.25, 0.3) is 5.91 Å². The van der Waals surface area contributed by atoms with Crippen molar-refractivity contribution in [2.24, 2.45) is 5.10 Å². The van der Waals surface area contributed by atoms with Crippen LogP contribution in [0.4, 0.5) is 5.82 Å². The van der Waals surface area contributed by atoms with Gasteiger partial charge < -0.3 is 5.32 Å². The molecule has 0 aliphatic heterocycles. The van der Waals surface area contributed by atoms with Crippen molar-refractivity contribution in [1.29, 1.82) is 0 Å². The SMILES string of the molecule is CC(CC(=O)Nc1ccccn1)=NNC(=O)c1ccc(C)cc1. The first-order valence-corrected chi connectivity index (χ1v) is 7.15. The fourth-order valence-electron chi connectivity index (χ4n) is 1.81. The van der Waals surface area contributed by atoms with E-state index in [-0.39, 0.29) is 18.2 Å². The Balaban J connectivity index is 1.86. The summed E-state index contributed by atoms with van der Waals surface area (Å²) in [7, 11) is 0. The zero-order valence-corrected chi connectivity index (χ0v) is 13.0. The number of nitrogens with one attached hydrogen (secondary N) is 2. The lowest BCUT2D eigenvalue weighted by molar-refractivity contribution is -0.115. The molecule has 23 heavy (non-hydrogen) atoms. The summed E-state index contributed by atoms with van der Waals surface area (Å²) in [5.74, 6) is -0.0713. The van der Waals surface area contributed by atoms with Crippen molar-refractivity contribution >= 4 is 23.3 Å². The Bertz CT molecular complexity index is 709. The predicted octanol–water partition coefficient (Wildman–Crippen LogP) is 2.52. The maximum Gasteiger partial charge on any atom is 0.271 e. The van der Waals surface area contributed by atoms with Gasteiger partial charge in [0.05, 0.1) is 6.42 Å². The van der Waals surface area contributed by atoms with Crippen LogP contribution in [0.5, 0.6) is 0 Å². The smallest absolute Gasteiger partial charge is 0.271 e. The highest BCUT2D eigenvalue weighted by molar-refractivity contribution is 6.05. The molecule has 1 aromatic carbocycles. The molecule has 0 spiro atoms. The molecule has 0 aliphatic rings. The summed E-state index contributed by atoms with van der Waals surface area (Å²) in [6.45, 7) is 3.62. The predicted molar refractivity (Wildman–Crippen MR) is 89.2 cm³/mol. The van der Waals surface area contributed by atoms with Gasteiger partial charge in [-0.3, -0.25) is 9.59 Å². The molecule has 0 saturated carbocycles. The summed E-state index contributed by atoms with van der Waals surface area (Å²) in [6, 6.07) is 12.4. The van der Waals surface area contributed by atoms with E-state index >= 15 is 0 Å². The van der Waals surface area contributed by atoms with E-state index in [9.17, 15) is 9.59 Å². The van der Waals surface area contributed by atoms with Crippen molar-refractivity contribution in [3.63, 3.8) is 0 Å². The molecule has 0 saturated heterocycles. The van der Waals surface area contributed by atoms with Gasteiger partial charge in [-0.2, -0.15) is 5.10 Å². The average Bonchev–Trinajstić information content (AvgIpc) is 2.54. The number of carbonyl (C=O) groups is 2. The molecule has 0 bridgehead atoms. The Labute approximate surface area is 134 Å². The first kappa shape index (κ1) is 16.4. The summed E-state index contributed by atoms with van der Waals surface area (Å²) < 4.78 is 0. The summed E-state index contributed by atoms with van der Waals surface area (Å²) in [5, 5.41) is 6.60. The molecule has 1 heterocycles. The number of aromatic nitrogens is 1. The molecule has 2 rings (SSSR count). The highest BCUT2D eigenvalue weighted by atomic mass is 16.2. The fraction of sp³-hybridized carbons (Fsp3) is 0.176. The van der Waals surface area contributed by atoms with Gasteiger partial charge in [0.2, 0.25) is 5.91 Å². The van der Waals surface area contributed by atoms with Crippen LogP contribution in [-0.4, -0.2) is 22.5 Å². The molecule has 0 atom stereocenters. The molecular weight excluding hydrogens is 292 g/mol. The molecule has 0 unspecified atom stereocenters. The summed E-state index contributed by atoms with van der Waals surface area (Å²) in [6.07, 6.45) is 1.67. The van der Waals surface area contributed by atoms with E-state index < -0.39 is 0 Å². The van der Waals surface area contributed by atoms with Crippen LogP contribution in [0.1, 0.15) is 29.3 Å². The normalized spacial score (nSPS) is 11.0. The fourth-order valence-corrected chi connectivity index (χ4v) is 1.81. The Kier molecular flexibility index (Phi) is 5.57. The van der Waals surface area contributed by atoms with E-state index in [0.717, 1.165) is 5.56 Å². The van der Waals surface area contributed by atoms with E-state index in [4.69, 9.17) is 0 Å². The average molecular weight is 310 g/mol. The maximum atomic E-state index is 11.9. The van der Waals surface area contributed by atoms with Crippen molar-refractivity contribution in [2.45, 2.75) is 20.3 Å². The number of hydrogen-bond donors (Lipinski definition) is 2. The molecular formula is C17H18N4O2. The number of carbonyl (C=O) groups excluding carboxylic acids is 2. The third-order valence-corrected chi connectivity index (χ3v) is 3.01. The van der Waals surface area contributed by atoms with Crippen LogP contribution in [0.2, 0.25) is 0 Å². The minimum Gasteiger partial charge on any atom is -0.310 e. The largest absolute Gasteiger partial charge is 0.310 e. The Morgan fingerprint density at radius 2 is 1.87 bits per heavy atom. The Morgan fingerprint density at radius 3 is 2.52 bits per heavy atom. The third kappa shape index (κ3) is 5.35. The van der Waals surface area contributed by atoms with Crippen LogP contribution < -0.4 is 10.7 Å². The van der Waals surface area contributed by atoms with Gasteiger partial charge >= 0.3 is 0 Å². The molecule has 118 valence electrons. The monoisotopic (exact) mass is 310 g/mol. The van der Waals surface area contributed by atoms with E-state index in [1.54, 1.807) is 43.5 Å².